The van der Waals surface area contributed by atoms with Gasteiger partial charge in [-0.1, -0.05) is 13.8 Å². The summed E-state index contributed by atoms with van der Waals surface area (Å²) in [5.74, 6) is -0.526. The first-order chi connectivity index (χ1) is 8.80. The van der Waals surface area contributed by atoms with Gasteiger partial charge in [-0.05, 0) is 12.8 Å². The Morgan fingerprint density at radius 1 is 1.53 bits per heavy atom. The number of hydrogen-bond acceptors (Lipinski definition) is 5. The van der Waals surface area contributed by atoms with Crippen LogP contribution >= 0.6 is 0 Å². The lowest BCUT2D eigenvalue weighted by Crippen LogP contribution is -2.31. The van der Waals surface area contributed by atoms with Gasteiger partial charge in [0, 0.05) is 13.6 Å². The van der Waals surface area contributed by atoms with Crippen LogP contribution in [0, 0.1) is 5.92 Å². The number of rotatable bonds is 6. The topological polar surface area (TPSA) is 92.4 Å². The fraction of sp³-hybridized carbons (Fsp3) is 0.636. The quantitative estimate of drug-likeness (QED) is 0.784. The van der Waals surface area contributed by atoms with Crippen LogP contribution in [0.4, 0.5) is 0 Å². The van der Waals surface area contributed by atoms with Crippen molar-refractivity contribution in [3.8, 4) is 0 Å². The van der Waals surface area contributed by atoms with E-state index >= 15 is 0 Å². The number of aromatic amines is 1. The van der Waals surface area contributed by atoms with E-state index in [1.54, 1.807) is 6.92 Å². The average molecular weight is 289 g/mol. The number of sulfonamides is 1. The van der Waals surface area contributed by atoms with Crippen LogP contribution in [0.3, 0.4) is 0 Å². The number of esters is 1. The molecule has 1 heterocycles. The van der Waals surface area contributed by atoms with E-state index in [9.17, 15) is 13.2 Å². The molecule has 1 rings (SSSR count). The van der Waals surface area contributed by atoms with Crippen LogP contribution in [0.5, 0.6) is 0 Å². The van der Waals surface area contributed by atoms with Crippen LogP contribution in [-0.2, 0) is 14.8 Å². The Labute approximate surface area is 113 Å². The van der Waals surface area contributed by atoms with Crippen molar-refractivity contribution < 1.29 is 17.9 Å². The molecule has 1 aromatic rings. The summed E-state index contributed by atoms with van der Waals surface area (Å²) in [6.07, 6.45) is 1.16. The Kier molecular flexibility index (Phi) is 5.07. The molecule has 0 atom stereocenters. The van der Waals surface area contributed by atoms with E-state index in [1.807, 2.05) is 13.8 Å². The largest absolute Gasteiger partial charge is 0.462 e. The summed E-state index contributed by atoms with van der Waals surface area (Å²) in [4.78, 5) is 11.7. The van der Waals surface area contributed by atoms with Crippen molar-refractivity contribution >= 4 is 16.0 Å². The lowest BCUT2D eigenvalue weighted by Gasteiger charge is -2.18. The Balaban J connectivity index is 3.09. The van der Waals surface area contributed by atoms with Crippen LogP contribution in [0.15, 0.2) is 11.2 Å². The number of carbonyl (C=O) groups excluding carboxylic acids is 1. The highest BCUT2D eigenvalue weighted by atomic mass is 32.2. The molecule has 0 aliphatic heterocycles. The number of ether oxygens (including phenoxy) is 1. The monoisotopic (exact) mass is 289 g/mol. The lowest BCUT2D eigenvalue weighted by atomic mass is 10.2. The zero-order chi connectivity index (χ0) is 14.6. The van der Waals surface area contributed by atoms with Gasteiger partial charge in [-0.3, -0.25) is 5.10 Å². The van der Waals surface area contributed by atoms with Crippen molar-refractivity contribution in [2.45, 2.75) is 25.8 Å². The first-order valence-electron chi connectivity index (χ1n) is 5.97. The molecule has 108 valence electrons. The van der Waals surface area contributed by atoms with Crippen LogP contribution in [0.1, 0.15) is 31.1 Å². The van der Waals surface area contributed by atoms with E-state index in [4.69, 9.17) is 4.74 Å². The maximum absolute atomic E-state index is 12.3. The molecular formula is C11H19N3O4S. The molecule has 0 aliphatic rings. The first kappa shape index (κ1) is 15.6. The van der Waals surface area contributed by atoms with Gasteiger partial charge in [0.15, 0.2) is 5.03 Å². The van der Waals surface area contributed by atoms with Gasteiger partial charge in [0.2, 0.25) is 0 Å². The molecule has 1 aromatic heterocycles. The van der Waals surface area contributed by atoms with Crippen molar-refractivity contribution in [3.63, 3.8) is 0 Å². The van der Waals surface area contributed by atoms with Crippen molar-refractivity contribution in [1.29, 1.82) is 0 Å². The fourth-order valence-electron chi connectivity index (χ4n) is 1.59. The SMILES string of the molecule is CCOC(=O)c1cn[nH]c1S(=O)(=O)N(C)CC(C)C. The average Bonchev–Trinajstić information content (AvgIpc) is 2.77. The van der Waals surface area contributed by atoms with Crippen molar-refractivity contribution in [3.05, 3.63) is 11.8 Å². The molecule has 0 aliphatic carbocycles. The van der Waals surface area contributed by atoms with Crippen LogP contribution in [-0.4, -0.2) is 49.1 Å². The number of aromatic nitrogens is 2. The van der Waals surface area contributed by atoms with E-state index in [2.05, 4.69) is 10.2 Å². The zero-order valence-electron chi connectivity index (χ0n) is 11.5. The molecule has 0 saturated carbocycles. The second-order valence-electron chi connectivity index (χ2n) is 4.51. The lowest BCUT2D eigenvalue weighted by molar-refractivity contribution is 0.0521. The molecule has 0 amide bonds. The highest BCUT2D eigenvalue weighted by Gasteiger charge is 2.29. The number of carbonyl (C=O) groups is 1. The smallest absolute Gasteiger partial charge is 0.342 e. The van der Waals surface area contributed by atoms with Gasteiger partial charge in [-0.2, -0.15) is 9.40 Å². The molecular weight excluding hydrogens is 270 g/mol. The van der Waals surface area contributed by atoms with Crippen molar-refractivity contribution in [2.24, 2.45) is 5.92 Å². The zero-order valence-corrected chi connectivity index (χ0v) is 12.3. The fourth-order valence-corrected chi connectivity index (χ4v) is 2.98. The predicted octanol–water partition coefficient (Wildman–Crippen LogP) is 0.863. The molecule has 0 fully saturated rings. The minimum Gasteiger partial charge on any atom is -0.462 e. The van der Waals surface area contributed by atoms with Crippen LogP contribution in [0.2, 0.25) is 0 Å². The maximum Gasteiger partial charge on any atom is 0.342 e. The molecule has 8 heteroatoms. The Bertz CT molecular complexity index is 536. The van der Waals surface area contributed by atoms with Crippen molar-refractivity contribution in [2.75, 3.05) is 20.2 Å². The van der Waals surface area contributed by atoms with Gasteiger partial charge in [0.25, 0.3) is 10.0 Å². The molecule has 0 aromatic carbocycles. The highest BCUT2D eigenvalue weighted by Crippen LogP contribution is 2.18. The van der Waals surface area contributed by atoms with Crippen LogP contribution in [0.25, 0.3) is 0 Å². The van der Waals surface area contributed by atoms with E-state index in [1.165, 1.54) is 11.4 Å². The molecule has 1 N–H and O–H groups in total. The van der Waals surface area contributed by atoms with E-state index in [0.29, 0.717) is 6.54 Å². The minimum atomic E-state index is -3.77. The number of nitrogens with zero attached hydrogens (tertiary/aromatic N) is 2. The predicted molar refractivity (Wildman–Crippen MR) is 69.2 cm³/mol. The summed E-state index contributed by atoms with van der Waals surface area (Å²) in [6.45, 7) is 5.99. The molecule has 0 saturated heterocycles. The molecule has 0 bridgehead atoms. The summed E-state index contributed by atoms with van der Waals surface area (Å²) in [6, 6.07) is 0. The first-order valence-corrected chi connectivity index (χ1v) is 7.41. The number of nitrogens with one attached hydrogen (secondary N) is 1. The summed E-state index contributed by atoms with van der Waals surface area (Å²) < 4.78 is 30.6. The van der Waals surface area contributed by atoms with Crippen LogP contribution < -0.4 is 0 Å². The van der Waals surface area contributed by atoms with Crippen molar-refractivity contribution in [1.82, 2.24) is 14.5 Å². The third-order valence-electron chi connectivity index (χ3n) is 2.39. The molecule has 7 nitrogen and oxygen atoms in total. The second-order valence-corrected chi connectivity index (χ2v) is 6.49. The summed E-state index contributed by atoms with van der Waals surface area (Å²) >= 11 is 0. The highest BCUT2D eigenvalue weighted by molar-refractivity contribution is 7.89. The van der Waals surface area contributed by atoms with Gasteiger partial charge in [0.1, 0.15) is 5.56 Å². The minimum absolute atomic E-state index is 0.0718. The Morgan fingerprint density at radius 2 is 2.16 bits per heavy atom. The van der Waals surface area contributed by atoms with Gasteiger partial charge in [0.05, 0.1) is 12.8 Å². The summed E-state index contributed by atoms with van der Waals surface area (Å²) in [5.41, 5.74) is -0.0718. The van der Waals surface area contributed by atoms with E-state index in [0.717, 1.165) is 6.20 Å². The summed E-state index contributed by atoms with van der Waals surface area (Å²) in [5, 5.41) is 5.75. The summed E-state index contributed by atoms with van der Waals surface area (Å²) in [7, 11) is -2.31. The Morgan fingerprint density at radius 3 is 2.68 bits per heavy atom. The molecule has 0 radical (unpaired) electrons. The molecule has 19 heavy (non-hydrogen) atoms. The van der Waals surface area contributed by atoms with Gasteiger partial charge in [-0.25, -0.2) is 13.2 Å². The molecule has 0 unspecified atom stereocenters. The van der Waals surface area contributed by atoms with Gasteiger partial charge < -0.3 is 4.74 Å². The van der Waals surface area contributed by atoms with E-state index < -0.39 is 16.0 Å². The number of hydrogen-bond donors (Lipinski definition) is 1. The van der Waals surface area contributed by atoms with Gasteiger partial charge >= 0.3 is 5.97 Å². The second kappa shape index (κ2) is 6.16. The van der Waals surface area contributed by atoms with E-state index in [-0.39, 0.29) is 23.1 Å². The Hall–Kier alpha value is -1.41. The van der Waals surface area contributed by atoms with Gasteiger partial charge in [-0.15, -0.1) is 0 Å². The maximum atomic E-state index is 12.3. The third kappa shape index (κ3) is 3.54. The number of H-pyrrole nitrogens is 1. The normalized spacial score (nSPS) is 12.1. The standard InChI is InChI=1S/C11H19N3O4S/c1-5-18-11(15)9-6-12-13-10(9)19(16,17)14(4)7-8(2)3/h6,8H,5,7H2,1-4H3,(H,12,13). The third-order valence-corrected chi connectivity index (χ3v) is 4.19. The molecule has 0 spiro atoms.